The van der Waals surface area contributed by atoms with Gasteiger partial charge in [-0.05, 0) is 54.5 Å². The molecule has 0 heterocycles. The Morgan fingerprint density at radius 2 is 1.77 bits per heavy atom. The lowest BCUT2D eigenvalue weighted by atomic mass is 9.84. The van der Waals surface area contributed by atoms with Gasteiger partial charge in [0.25, 0.3) is 0 Å². The maximum Gasteiger partial charge on any atom is 0.417 e. The minimum atomic E-state index is -4.48. The van der Waals surface area contributed by atoms with Crippen LogP contribution in [0.5, 0.6) is 0 Å². The summed E-state index contributed by atoms with van der Waals surface area (Å²) in [6.45, 7) is 2.09. The molecule has 0 radical (unpaired) electrons. The maximum atomic E-state index is 13.4. The molecule has 0 spiro atoms. The van der Waals surface area contributed by atoms with E-state index in [1.807, 2.05) is 19.1 Å². The molecule has 0 atom stereocenters. The summed E-state index contributed by atoms with van der Waals surface area (Å²) < 4.78 is 40.3. The van der Waals surface area contributed by atoms with Gasteiger partial charge in [0.15, 0.2) is 0 Å². The SMILES string of the molecule is CCCC(=NOCc1ccc(C2CCCCC2)cc1)c1cc(Cl)ccc1C(F)(F)F. The number of nitrogens with zero attached hydrogens (tertiary/aromatic N) is 1. The van der Waals surface area contributed by atoms with Crippen molar-refractivity contribution >= 4 is 17.3 Å². The molecule has 0 amide bonds. The molecule has 0 aromatic heterocycles. The molecule has 1 aliphatic rings. The average molecular weight is 438 g/mol. The van der Waals surface area contributed by atoms with E-state index in [9.17, 15) is 13.2 Å². The molecule has 30 heavy (non-hydrogen) atoms. The number of alkyl halides is 3. The molecule has 2 aromatic rings. The summed E-state index contributed by atoms with van der Waals surface area (Å²) >= 11 is 5.96. The van der Waals surface area contributed by atoms with Gasteiger partial charge in [-0.2, -0.15) is 13.2 Å². The highest BCUT2D eigenvalue weighted by atomic mass is 35.5. The van der Waals surface area contributed by atoms with Crippen LogP contribution in [-0.2, 0) is 17.6 Å². The summed E-state index contributed by atoms with van der Waals surface area (Å²) in [6, 6.07) is 11.8. The highest BCUT2D eigenvalue weighted by molar-refractivity contribution is 6.31. The first-order valence-corrected chi connectivity index (χ1v) is 10.9. The van der Waals surface area contributed by atoms with Crippen molar-refractivity contribution < 1.29 is 18.0 Å². The summed E-state index contributed by atoms with van der Waals surface area (Å²) in [5.41, 5.74) is 1.77. The topological polar surface area (TPSA) is 21.6 Å². The van der Waals surface area contributed by atoms with Crippen LogP contribution in [0.4, 0.5) is 13.2 Å². The van der Waals surface area contributed by atoms with Gasteiger partial charge < -0.3 is 4.84 Å². The molecule has 1 aliphatic carbocycles. The third-order valence-electron chi connectivity index (χ3n) is 5.55. The fourth-order valence-electron chi connectivity index (χ4n) is 3.98. The molecule has 2 nitrogen and oxygen atoms in total. The smallest absolute Gasteiger partial charge is 0.391 e. The Morgan fingerprint density at radius 1 is 1.07 bits per heavy atom. The zero-order valence-corrected chi connectivity index (χ0v) is 17.9. The fourth-order valence-corrected chi connectivity index (χ4v) is 4.15. The predicted molar refractivity (Wildman–Crippen MR) is 115 cm³/mol. The van der Waals surface area contributed by atoms with E-state index in [4.69, 9.17) is 16.4 Å². The van der Waals surface area contributed by atoms with E-state index in [0.29, 0.717) is 18.8 Å². The second-order valence-electron chi connectivity index (χ2n) is 7.83. The van der Waals surface area contributed by atoms with Crippen LogP contribution >= 0.6 is 11.6 Å². The van der Waals surface area contributed by atoms with Gasteiger partial charge in [-0.15, -0.1) is 0 Å². The van der Waals surface area contributed by atoms with E-state index in [2.05, 4.69) is 17.3 Å². The van der Waals surface area contributed by atoms with E-state index in [1.54, 1.807) is 0 Å². The normalized spacial score (nSPS) is 16.0. The first-order valence-electron chi connectivity index (χ1n) is 10.5. The van der Waals surface area contributed by atoms with Crippen molar-refractivity contribution in [2.24, 2.45) is 5.16 Å². The van der Waals surface area contributed by atoms with Crippen molar-refractivity contribution in [3.8, 4) is 0 Å². The van der Waals surface area contributed by atoms with E-state index in [0.717, 1.165) is 11.6 Å². The molecule has 0 unspecified atom stereocenters. The lowest BCUT2D eigenvalue weighted by Gasteiger charge is -2.22. The summed E-state index contributed by atoms with van der Waals surface area (Å²) in [5.74, 6) is 0.631. The van der Waals surface area contributed by atoms with Crippen LogP contribution in [-0.4, -0.2) is 5.71 Å². The molecule has 6 heteroatoms. The Kier molecular flexibility index (Phi) is 7.81. The first-order chi connectivity index (χ1) is 14.4. The summed E-state index contributed by atoms with van der Waals surface area (Å²) in [5, 5.41) is 4.30. The van der Waals surface area contributed by atoms with Gasteiger partial charge in [-0.3, -0.25) is 0 Å². The van der Waals surface area contributed by atoms with E-state index < -0.39 is 11.7 Å². The van der Waals surface area contributed by atoms with Crippen LogP contribution in [0.2, 0.25) is 5.02 Å². The zero-order chi connectivity index (χ0) is 21.6. The van der Waals surface area contributed by atoms with Crippen LogP contribution in [0.1, 0.15) is 80.0 Å². The third kappa shape index (κ3) is 6.00. The molecule has 1 saturated carbocycles. The quantitative estimate of drug-likeness (QED) is 0.316. The van der Waals surface area contributed by atoms with Crippen molar-refractivity contribution in [3.05, 3.63) is 69.7 Å². The van der Waals surface area contributed by atoms with Crippen LogP contribution < -0.4 is 0 Å². The predicted octanol–water partition coefficient (Wildman–Crippen LogP) is 8.13. The molecule has 1 fully saturated rings. The molecule has 0 N–H and O–H groups in total. The van der Waals surface area contributed by atoms with Crippen LogP contribution in [0.3, 0.4) is 0 Å². The van der Waals surface area contributed by atoms with Crippen LogP contribution in [0.25, 0.3) is 0 Å². The summed E-state index contributed by atoms with van der Waals surface area (Å²) in [4.78, 5) is 5.46. The highest BCUT2D eigenvalue weighted by Crippen LogP contribution is 2.35. The van der Waals surface area contributed by atoms with Gasteiger partial charge in [0, 0.05) is 10.6 Å². The molecule has 3 rings (SSSR count). The Labute approximate surface area is 181 Å². The molecule has 0 bridgehead atoms. The van der Waals surface area contributed by atoms with Gasteiger partial charge in [0.1, 0.15) is 6.61 Å². The van der Waals surface area contributed by atoms with Gasteiger partial charge in [-0.25, -0.2) is 0 Å². The fraction of sp³-hybridized carbons (Fsp3) is 0.458. The number of oxime groups is 1. The monoisotopic (exact) mass is 437 g/mol. The van der Waals surface area contributed by atoms with E-state index in [-0.39, 0.29) is 22.9 Å². The highest BCUT2D eigenvalue weighted by Gasteiger charge is 2.34. The lowest BCUT2D eigenvalue weighted by Crippen LogP contribution is -2.14. The second-order valence-corrected chi connectivity index (χ2v) is 8.26. The first kappa shape index (κ1) is 22.7. The molecule has 0 aliphatic heterocycles. The van der Waals surface area contributed by atoms with Crippen molar-refractivity contribution in [1.82, 2.24) is 0 Å². The largest absolute Gasteiger partial charge is 0.417 e. The van der Waals surface area contributed by atoms with Crippen molar-refractivity contribution in [3.63, 3.8) is 0 Å². The van der Waals surface area contributed by atoms with E-state index in [1.165, 1.54) is 49.8 Å². The molecule has 162 valence electrons. The Bertz CT molecular complexity index is 856. The molecular weight excluding hydrogens is 411 g/mol. The minimum Gasteiger partial charge on any atom is -0.391 e. The standard InChI is InChI=1S/C24H27ClF3NO/c1-2-6-23(21-15-20(25)13-14-22(21)24(26,27)28)29-30-16-17-9-11-19(12-10-17)18-7-4-3-5-8-18/h9-15,18H,2-8,16H2,1H3. The molecule has 0 saturated heterocycles. The summed E-state index contributed by atoms with van der Waals surface area (Å²) in [7, 11) is 0. The lowest BCUT2D eigenvalue weighted by molar-refractivity contribution is -0.137. The van der Waals surface area contributed by atoms with Crippen LogP contribution in [0.15, 0.2) is 47.6 Å². The average Bonchev–Trinajstić information content (AvgIpc) is 2.73. The third-order valence-corrected chi connectivity index (χ3v) is 5.78. The van der Waals surface area contributed by atoms with Gasteiger partial charge >= 0.3 is 6.18 Å². The second kappa shape index (κ2) is 10.3. The number of hydrogen-bond acceptors (Lipinski definition) is 2. The van der Waals surface area contributed by atoms with Gasteiger partial charge in [0.05, 0.1) is 11.3 Å². The maximum absolute atomic E-state index is 13.4. The zero-order valence-electron chi connectivity index (χ0n) is 17.1. The Hall–Kier alpha value is -2.01. The number of hydrogen-bond donors (Lipinski definition) is 0. The summed E-state index contributed by atoms with van der Waals surface area (Å²) in [6.07, 6.45) is 2.89. The molecule has 2 aromatic carbocycles. The molecular formula is C24H27ClF3NO. The minimum absolute atomic E-state index is 0.0236. The Morgan fingerprint density at radius 3 is 2.40 bits per heavy atom. The number of rotatable bonds is 7. The van der Waals surface area contributed by atoms with Gasteiger partial charge in [-0.1, -0.05) is 73.6 Å². The van der Waals surface area contributed by atoms with Crippen LogP contribution in [0, 0.1) is 0 Å². The number of benzene rings is 2. The Balaban J connectivity index is 1.72. The van der Waals surface area contributed by atoms with Gasteiger partial charge in [0.2, 0.25) is 0 Å². The van der Waals surface area contributed by atoms with Crippen molar-refractivity contribution in [1.29, 1.82) is 0 Å². The number of halogens is 4. The van der Waals surface area contributed by atoms with Crippen molar-refractivity contribution in [2.75, 3.05) is 0 Å². The van der Waals surface area contributed by atoms with Crippen molar-refractivity contribution in [2.45, 2.75) is 70.6 Å². The van der Waals surface area contributed by atoms with E-state index >= 15 is 0 Å².